The van der Waals surface area contributed by atoms with Crippen LogP contribution in [0.15, 0.2) is 45.4 Å². The lowest BCUT2D eigenvalue weighted by atomic mass is 10.1. The van der Waals surface area contributed by atoms with Gasteiger partial charge in [0.05, 0.1) is 23.5 Å². The Morgan fingerprint density at radius 3 is 2.48 bits per heavy atom. The van der Waals surface area contributed by atoms with Gasteiger partial charge in [-0.25, -0.2) is 22.3 Å². The van der Waals surface area contributed by atoms with Crippen LogP contribution >= 0.6 is 22.9 Å². The van der Waals surface area contributed by atoms with E-state index in [-0.39, 0.29) is 16.3 Å². The van der Waals surface area contributed by atoms with E-state index in [0.717, 1.165) is 15.9 Å². The standard InChI is InChI=1S/C16H11ClF2N2O4S2/c1-25-14-3-2-8(4-10(14)17)21-13(7-26-16(21)22)9-5-12(19)15(6-11(9)18)27(20,23)24/h2-7H,1H3,(H2,20,23,24). The van der Waals surface area contributed by atoms with Crippen molar-refractivity contribution in [2.24, 2.45) is 5.14 Å². The summed E-state index contributed by atoms with van der Waals surface area (Å²) in [6, 6.07) is 5.64. The minimum Gasteiger partial charge on any atom is -0.495 e. The third-order valence-electron chi connectivity index (χ3n) is 3.69. The van der Waals surface area contributed by atoms with Gasteiger partial charge in [-0.2, -0.15) is 0 Å². The number of aromatic nitrogens is 1. The van der Waals surface area contributed by atoms with Crippen LogP contribution in [0.4, 0.5) is 8.78 Å². The normalized spacial score (nSPS) is 11.6. The van der Waals surface area contributed by atoms with Gasteiger partial charge in [0, 0.05) is 10.9 Å². The van der Waals surface area contributed by atoms with Crippen LogP contribution in [0.5, 0.6) is 5.75 Å². The Kier molecular flexibility index (Phi) is 5.08. The predicted molar refractivity (Wildman–Crippen MR) is 98.2 cm³/mol. The number of hydrogen-bond acceptors (Lipinski definition) is 5. The summed E-state index contributed by atoms with van der Waals surface area (Å²) in [7, 11) is -3.01. The van der Waals surface area contributed by atoms with Gasteiger partial charge in [-0.1, -0.05) is 22.9 Å². The maximum Gasteiger partial charge on any atom is 0.312 e. The molecular weight excluding hydrogens is 422 g/mol. The second-order valence-electron chi connectivity index (χ2n) is 5.35. The summed E-state index contributed by atoms with van der Waals surface area (Å²) in [6.07, 6.45) is 0. The molecule has 27 heavy (non-hydrogen) atoms. The molecule has 0 unspecified atom stereocenters. The number of benzene rings is 2. The van der Waals surface area contributed by atoms with E-state index in [0.29, 0.717) is 23.6 Å². The number of primary sulfonamides is 1. The number of nitrogens with zero attached hydrogens (tertiary/aromatic N) is 1. The molecule has 0 amide bonds. The number of hydrogen-bond donors (Lipinski definition) is 1. The first-order valence-corrected chi connectivity index (χ1v) is 10.0. The molecule has 0 saturated heterocycles. The van der Waals surface area contributed by atoms with E-state index >= 15 is 0 Å². The molecule has 0 atom stereocenters. The van der Waals surface area contributed by atoms with Gasteiger partial charge >= 0.3 is 4.87 Å². The van der Waals surface area contributed by atoms with Gasteiger partial charge in [0.25, 0.3) is 0 Å². The average Bonchev–Trinajstić information content (AvgIpc) is 2.97. The van der Waals surface area contributed by atoms with Crippen LogP contribution in [-0.4, -0.2) is 20.1 Å². The average molecular weight is 433 g/mol. The van der Waals surface area contributed by atoms with Crippen molar-refractivity contribution >= 4 is 33.0 Å². The van der Waals surface area contributed by atoms with E-state index in [9.17, 15) is 22.0 Å². The Morgan fingerprint density at radius 1 is 1.19 bits per heavy atom. The summed E-state index contributed by atoms with van der Waals surface area (Å²) in [5.41, 5.74) is 0.0335. The molecule has 142 valence electrons. The van der Waals surface area contributed by atoms with Crippen LogP contribution in [0.1, 0.15) is 0 Å². The van der Waals surface area contributed by atoms with Gasteiger partial charge in [0.1, 0.15) is 22.3 Å². The van der Waals surface area contributed by atoms with Gasteiger partial charge in [-0.15, -0.1) is 0 Å². The molecule has 0 aliphatic heterocycles. The molecule has 1 heterocycles. The van der Waals surface area contributed by atoms with Crippen molar-refractivity contribution in [3.63, 3.8) is 0 Å². The van der Waals surface area contributed by atoms with E-state index in [4.69, 9.17) is 21.5 Å². The molecule has 2 aromatic carbocycles. The molecule has 0 spiro atoms. The van der Waals surface area contributed by atoms with Crippen LogP contribution in [0.2, 0.25) is 5.02 Å². The van der Waals surface area contributed by atoms with Crippen molar-refractivity contribution in [1.29, 1.82) is 0 Å². The van der Waals surface area contributed by atoms with E-state index in [1.807, 2.05) is 0 Å². The molecule has 0 radical (unpaired) electrons. The fraction of sp³-hybridized carbons (Fsp3) is 0.0625. The van der Waals surface area contributed by atoms with Crippen LogP contribution in [0.3, 0.4) is 0 Å². The minimum atomic E-state index is -4.44. The van der Waals surface area contributed by atoms with Gasteiger partial charge < -0.3 is 4.74 Å². The first kappa shape index (κ1) is 19.5. The molecule has 3 rings (SSSR count). The Labute approximate surface area is 161 Å². The molecule has 2 N–H and O–H groups in total. The quantitative estimate of drug-likeness (QED) is 0.685. The zero-order valence-electron chi connectivity index (χ0n) is 13.6. The largest absolute Gasteiger partial charge is 0.495 e. The molecule has 0 aliphatic carbocycles. The first-order valence-electron chi connectivity index (χ1n) is 7.20. The van der Waals surface area contributed by atoms with Crippen molar-refractivity contribution < 1.29 is 21.9 Å². The summed E-state index contributed by atoms with van der Waals surface area (Å²) < 4.78 is 57.5. The number of thiazole rings is 1. The van der Waals surface area contributed by atoms with E-state index in [1.165, 1.54) is 30.7 Å². The molecule has 0 aliphatic rings. The zero-order chi connectivity index (χ0) is 19.9. The maximum absolute atomic E-state index is 14.5. The number of nitrogens with two attached hydrogens (primary N) is 1. The van der Waals surface area contributed by atoms with Gasteiger partial charge in [0.15, 0.2) is 0 Å². The Hall–Kier alpha value is -2.27. The van der Waals surface area contributed by atoms with E-state index in [1.54, 1.807) is 0 Å². The number of methoxy groups -OCH3 is 1. The number of sulfonamides is 1. The third-order valence-corrected chi connectivity index (χ3v) is 5.64. The molecule has 6 nitrogen and oxygen atoms in total. The summed E-state index contributed by atoms with van der Waals surface area (Å²) in [5.74, 6) is -1.90. The summed E-state index contributed by atoms with van der Waals surface area (Å²) in [4.78, 5) is 10.8. The minimum absolute atomic E-state index is 0.0311. The third kappa shape index (κ3) is 3.61. The van der Waals surface area contributed by atoms with Crippen molar-refractivity contribution in [3.05, 3.63) is 62.0 Å². The smallest absolute Gasteiger partial charge is 0.312 e. The predicted octanol–water partition coefficient (Wildman–Crippen LogP) is 3.15. The second-order valence-corrected chi connectivity index (χ2v) is 8.11. The van der Waals surface area contributed by atoms with Gasteiger partial charge in [-0.05, 0) is 30.3 Å². The molecular formula is C16H11ClF2N2O4S2. The molecule has 0 fully saturated rings. The highest BCUT2D eigenvalue weighted by atomic mass is 35.5. The lowest BCUT2D eigenvalue weighted by Crippen LogP contribution is -2.15. The van der Waals surface area contributed by atoms with Crippen molar-refractivity contribution in [2.45, 2.75) is 4.90 Å². The topological polar surface area (TPSA) is 91.4 Å². The number of rotatable bonds is 4. The fourth-order valence-electron chi connectivity index (χ4n) is 2.48. The second kappa shape index (κ2) is 7.04. The lowest BCUT2D eigenvalue weighted by molar-refractivity contribution is 0.415. The summed E-state index contributed by atoms with van der Waals surface area (Å²) in [6.45, 7) is 0. The Morgan fingerprint density at radius 2 is 1.89 bits per heavy atom. The molecule has 3 aromatic rings. The van der Waals surface area contributed by atoms with Crippen molar-refractivity contribution in [2.75, 3.05) is 7.11 Å². The molecule has 1 aromatic heterocycles. The zero-order valence-corrected chi connectivity index (χ0v) is 16.0. The molecule has 0 saturated carbocycles. The monoisotopic (exact) mass is 432 g/mol. The van der Waals surface area contributed by atoms with Crippen molar-refractivity contribution in [3.8, 4) is 22.7 Å². The molecule has 0 bridgehead atoms. The Balaban J connectivity index is 2.23. The summed E-state index contributed by atoms with van der Waals surface area (Å²) >= 11 is 6.83. The van der Waals surface area contributed by atoms with E-state index in [2.05, 4.69) is 0 Å². The van der Waals surface area contributed by atoms with E-state index < -0.39 is 31.4 Å². The van der Waals surface area contributed by atoms with Gasteiger partial charge in [0.2, 0.25) is 10.0 Å². The Bertz CT molecular complexity index is 1210. The first-order chi connectivity index (χ1) is 12.6. The van der Waals surface area contributed by atoms with Crippen LogP contribution < -0.4 is 14.7 Å². The van der Waals surface area contributed by atoms with Gasteiger partial charge in [-0.3, -0.25) is 9.36 Å². The van der Waals surface area contributed by atoms with Crippen LogP contribution in [0.25, 0.3) is 16.9 Å². The summed E-state index contributed by atoms with van der Waals surface area (Å²) in [5, 5.41) is 6.42. The van der Waals surface area contributed by atoms with Crippen LogP contribution in [0, 0.1) is 11.6 Å². The maximum atomic E-state index is 14.5. The molecule has 11 heteroatoms. The fourth-order valence-corrected chi connectivity index (χ4v) is 4.08. The highest BCUT2D eigenvalue weighted by molar-refractivity contribution is 7.89. The lowest BCUT2D eigenvalue weighted by Gasteiger charge is -2.12. The SMILES string of the molecule is COc1ccc(-n2c(-c3cc(F)c(S(N)(=O)=O)cc3F)csc2=O)cc1Cl. The number of halogens is 3. The highest BCUT2D eigenvalue weighted by Crippen LogP contribution is 2.32. The van der Waals surface area contributed by atoms with Crippen molar-refractivity contribution in [1.82, 2.24) is 4.57 Å². The van der Waals surface area contributed by atoms with Crippen LogP contribution in [-0.2, 0) is 10.0 Å². The number of ether oxygens (including phenoxy) is 1. The highest BCUT2D eigenvalue weighted by Gasteiger charge is 2.22.